The van der Waals surface area contributed by atoms with Gasteiger partial charge in [-0.25, -0.2) is 0 Å². The smallest absolute Gasteiger partial charge is 0.179 e. The Bertz CT molecular complexity index is 267. The number of fused-ring (bicyclic) bond motifs is 2. The van der Waals surface area contributed by atoms with E-state index in [1.807, 2.05) is 0 Å². The third-order valence-electron chi connectivity index (χ3n) is 4.88. The third kappa shape index (κ3) is 0.802. The maximum Gasteiger partial charge on any atom is 0.179 e. The topological polar surface area (TPSA) is 43.7 Å². The average molecular weight is 197 g/mol. The summed E-state index contributed by atoms with van der Waals surface area (Å²) in [6.07, 6.45) is 5.65. The number of aliphatic hydroxyl groups is 2. The molecule has 2 saturated heterocycles. The minimum Gasteiger partial charge on any atom is -0.364 e. The first-order valence-electron chi connectivity index (χ1n) is 5.72. The van der Waals surface area contributed by atoms with E-state index in [9.17, 15) is 10.2 Å². The van der Waals surface area contributed by atoms with Crippen molar-refractivity contribution in [2.75, 3.05) is 13.1 Å². The second-order valence-corrected chi connectivity index (χ2v) is 5.50. The van der Waals surface area contributed by atoms with Crippen molar-refractivity contribution in [3.05, 3.63) is 0 Å². The molecule has 2 heterocycles. The average Bonchev–Trinajstić information content (AvgIpc) is 2.59. The Morgan fingerprint density at radius 2 is 1.79 bits per heavy atom. The van der Waals surface area contributed by atoms with E-state index in [1.54, 1.807) is 6.92 Å². The molecule has 14 heavy (non-hydrogen) atoms. The Balaban J connectivity index is 2.07. The van der Waals surface area contributed by atoms with Gasteiger partial charge < -0.3 is 10.2 Å². The van der Waals surface area contributed by atoms with Crippen LogP contribution in [0.15, 0.2) is 0 Å². The van der Waals surface area contributed by atoms with Crippen LogP contribution in [0.4, 0.5) is 0 Å². The molecule has 1 spiro atoms. The van der Waals surface area contributed by atoms with Gasteiger partial charge in [-0.15, -0.1) is 0 Å². The molecule has 0 amide bonds. The molecule has 0 aromatic carbocycles. The van der Waals surface area contributed by atoms with Crippen LogP contribution in [0.1, 0.15) is 39.0 Å². The predicted octanol–water partition coefficient (Wildman–Crippen LogP) is 0.706. The molecule has 0 radical (unpaired) electrons. The van der Waals surface area contributed by atoms with Crippen molar-refractivity contribution < 1.29 is 10.2 Å². The van der Waals surface area contributed by atoms with Crippen LogP contribution in [0.2, 0.25) is 0 Å². The summed E-state index contributed by atoms with van der Waals surface area (Å²) >= 11 is 0. The van der Waals surface area contributed by atoms with Gasteiger partial charge in [0.2, 0.25) is 0 Å². The molecule has 1 atom stereocenters. The van der Waals surface area contributed by atoms with E-state index in [2.05, 4.69) is 4.90 Å². The molecule has 0 aromatic rings. The lowest BCUT2D eigenvalue weighted by atomic mass is 9.74. The summed E-state index contributed by atoms with van der Waals surface area (Å²) in [5.74, 6) is -1.52. The fourth-order valence-corrected chi connectivity index (χ4v) is 4.19. The zero-order valence-corrected chi connectivity index (χ0v) is 8.79. The number of rotatable bonds is 1. The predicted molar refractivity (Wildman–Crippen MR) is 52.7 cm³/mol. The van der Waals surface area contributed by atoms with Crippen molar-refractivity contribution in [3.8, 4) is 0 Å². The molecule has 3 nitrogen and oxygen atoms in total. The van der Waals surface area contributed by atoms with Gasteiger partial charge in [0.1, 0.15) is 0 Å². The zero-order valence-electron chi connectivity index (χ0n) is 8.79. The summed E-state index contributed by atoms with van der Waals surface area (Å²) in [6, 6.07) is 0. The van der Waals surface area contributed by atoms with Gasteiger partial charge in [-0.3, -0.25) is 4.90 Å². The van der Waals surface area contributed by atoms with Crippen molar-refractivity contribution in [3.63, 3.8) is 0 Å². The minimum atomic E-state index is -1.52. The zero-order chi connectivity index (χ0) is 10.0. The van der Waals surface area contributed by atoms with Crippen molar-refractivity contribution >= 4 is 0 Å². The molecule has 0 aromatic heterocycles. The SMILES string of the molecule is CC(O)(O)[C@]12CCCN1CCC21CC1. The summed E-state index contributed by atoms with van der Waals surface area (Å²) in [6.45, 7) is 3.70. The van der Waals surface area contributed by atoms with E-state index in [4.69, 9.17) is 0 Å². The molecule has 3 rings (SSSR count). The van der Waals surface area contributed by atoms with Crippen molar-refractivity contribution in [1.82, 2.24) is 4.90 Å². The molecule has 1 aliphatic carbocycles. The Morgan fingerprint density at radius 1 is 1.07 bits per heavy atom. The third-order valence-corrected chi connectivity index (χ3v) is 4.88. The minimum absolute atomic E-state index is 0.252. The molecule has 0 bridgehead atoms. The molecule has 80 valence electrons. The van der Waals surface area contributed by atoms with Gasteiger partial charge >= 0.3 is 0 Å². The quantitative estimate of drug-likeness (QED) is 0.608. The van der Waals surface area contributed by atoms with Crippen LogP contribution < -0.4 is 0 Å². The molecule has 3 aliphatic rings. The molecule has 0 unspecified atom stereocenters. The highest BCUT2D eigenvalue weighted by Crippen LogP contribution is 2.68. The molecular formula is C11H19NO2. The van der Waals surface area contributed by atoms with E-state index in [-0.39, 0.29) is 11.0 Å². The number of nitrogens with zero attached hydrogens (tertiary/aromatic N) is 1. The van der Waals surface area contributed by atoms with Crippen LogP contribution in [-0.4, -0.2) is 39.5 Å². The van der Waals surface area contributed by atoms with Crippen LogP contribution in [0.5, 0.6) is 0 Å². The maximum atomic E-state index is 10.1. The summed E-state index contributed by atoms with van der Waals surface area (Å²) in [4.78, 5) is 2.33. The largest absolute Gasteiger partial charge is 0.364 e. The van der Waals surface area contributed by atoms with Crippen LogP contribution in [0.3, 0.4) is 0 Å². The molecule has 2 aliphatic heterocycles. The molecular weight excluding hydrogens is 178 g/mol. The molecule has 1 saturated carbocycles. The highest BCUT2D eigenvalue weighted by atomic mass is 16.5. The Hall–Kier alpha value is -0.120. The monoisotopic (exact) mass is 197 g/mol. The van der Waals surface area contributed by atoms with Crippen molar-refractivity contribution in [2.24, 2.45) is 5.41 Å². The summed E-state index contributed by atoms with van der Waals surface area (Å²) in [5.41, 5.74) is -0.0538. The molecule has 3 heteroatoms. The molecule has 3 fully saturated rings. The fraction of sp³-hybridized carbons (Fsp3) is 1.00. The van der Waals surface area contributed by atoms with Gasteiger partial charge in [-0.05, 0) is 57.5 Å². The van der Waals surface area contributed by atoms with Crippen LogP contribution in [0, 0.1) is 5.41 Å². The maximum absolute atomic E-state index is 10.1. The van der Waals surface area contributed by atoms with Gasteiger partial charge in [0.15, 0.2) is 5.79 Å². The first-order valence-corrected chi connectivity index (χ1v) is 5.72. The van der Waals surface area contributed by atoms with Crippen LogP contribution >= 0.6 is 0 Å². The lowest BCUT2D eigenvalue weighted by Gasteiger charge is -2.45. The van der Waals surface area contributed by atoms with E-state index in [0.29, 0.717) is 0 Å². The van der Waals surface area contributed by atoms with Gasteiger partial charge in [0.25, 0.3) is 0 Å². The summed E-state index contributed by atoms with van der Waals surface area (Å²) in [5, 5.41) is 20.1. The van der Waals surface area contributed by atoms with E-state index >= 15 is 0 Å². The fourth-order valence-electron chi connectivity index (χ4n) is 4.19. The van der Waals surface area contributed by atoms with E-state index < -0.39 is 5.79 Å². The van der Waals surface area contributed by atoms with E-state index in [1.165, 1.54) is 19.3 Å². The van der Waals surface area contributed by atoms with Crippen molar-refractivity contribution in [1.29, 1.82) is 0 Å². The first-order chi connectivity index (χ1) is 6.52. The van der Waals surface area contributed by atoms with Gasteiger partial charge in [-0.1, -0.05) is 0 Å². The van der Waals surface area contributed by atoms with Crippen LogP contribution in [0.25, 0.3) is 0 Å². The van der Waals surface area contributed by atoms with Crippen molar-refractivity contribution in [2.45, 2.75) is 50.4 Å². The molecule has 2 N–H and O–H groups in total. The highest BCUT2D eigenvalue weighted by Gasteiger charge is 2.72. The second kappa shape index (κ2) is 2.34. The van der Waals surface area contributed by atoms with E-state index in [0.717, 1.165) is 25.9 Å². The van der Waals surface area contributed by atoms with Gasteiger partial charge in [-0.2, -0.15) is 0 Å². The van der Waals surface area contributed by atoms with Gasteiger partial charge in [0, 0.05) is 0 Å². The Kier molecular flexibility index (Phi) is 1.53. The van der Waals surface area contributed by atoms with Crippen LogP contribution in [-0.2, 0) is 0 Å². The second-order valence-electron chi connectivity index (χ2n) is 5.50. The lowest BCUT2D eigenvalue weighted by Crippen LogP contribution is -2.61. The highest BCUT2D eigenvalue weighted by molar-refractivity contribution is 5.23. The normalized spacial score (nSPS) is 40.5. The first kappa shape index (κ1) is 9.13. The Morgan fingerprint density at radius 3 is 2.36 bits per heavy atom. The lowest BCUT2D eigenvalue weighted by molar-refractivity contribution is -0.236. The number of hydrogen-bond acceptors (Lipinski definition) is 3. The summed E-state index contributed by atoms with van der Waals surface area (Å²) < 4.78 is 0. The van der Waals surface area contributed by atoms with Gasteiger partial charge in [0.05, 0.1) is 5.54 Å². The Labute approximate surface area is 84.7 Å². The standard InChI is InChI=1S/C11H19NO2/c1-9(13,14)11-3-2-7-12(11)8-6-10(11)4-5-10/h13-14H,2-8H2,1H3/t11-/m0/s1. The summed E-state index contributed by atoms with van der Waals surface area (Å²) in [7, 11) is 0. The number of hydrogen-bond donors (Lipinski definition) is 2.